The molecule has 0 aliphatic heterocycles. The summed E-state index contributed by atoms with van der Waals surface area (Å²) in [7, 11) is -0.764. The van der Waals surface area contributed by atoms with E-state index >= 15 is 0 Å². The van der Waals surface area contributed by atoms with Crippen molar-refractivity contribution >= 4 is 26.7 Å². The van der Waals surface area contributed by atoms with Gasteiger partial charge in [-0.2, -0.15) is 0 Å². The van der Waals surface area contributed by atoms with E-state index < -0.39 is 10.8 Å². The number of benzene rings is 1. The fourth-order valence-corrected chi connectivity index (χ4v) is 2.50. The van der Waals surface area contributed by atoms with E-state index in [4.69, 9.17) is 0 Å². The first-order chi connectivity index (χ1) is 7.99. The maximum atomic E-state index is 13.4. The molecule has 0 aromatic heterocycles. The third-order valence-corrected chi connectivity index (χ3v) is 3.79. The molecular weight excluding hydrogens is 305 g/mol. The maximum absolute atomic E-state index is 13.4. The second-order valence-electron chi connectivity index (χ2n) is 4.08. The van der Waals surface area contributed by atoms with E-state index in [1.165, 1.54) is 6.07 Å². The van der Waals surface area contributed by atoms with Gasteiger partial charge in [-0.25, -0.2) is 4.39 Å². The summed E-state index contributed by atoms with van der Waals surface area (Å²) in [5.41, 5.74) is 0.642. The van der Waals surface area contributed by atoms with Crippen molar-refractivity contribution in [3.63, 3.8) is 0 Å². The summed E-state index contributed by atoms with van der Waals surface area (Å²) >= 11 is 3.32. The summed E-state index contributed by atoms with van der Waals surface area (Å²) in [5, 5.41) is 3.23. The Morgan fingerprint density at radius 2 is 2.24 bits per heavy atom. The van der Waals surface area contributed by atoms with Crippen LogP contribution >= 0.6 is 15.9 Å². The van der Waals surface area contributed by atoms with Crippen molar-refractivity contribution in [1.82, 2.24) is 5.32 Å². The van der Waals surface area contributed by atoms with Crippen molar-refractivity contribution < 1.29 is 8.60 Å². The molecule has 1 aromatic rings. The van der Waals surface area contributed by atoms with Crippen LogP contribution in [0.3, 0.4) is 0 Å². The number of rotatable bonds is 6. The highest BCUT2D eigenvalue weighted by Gasteiger charge is 2.06. The molecule has 0 amide bonds. The molecule has 0 bridgehead atoms. The molecule has 1 N–H and O–H groups in total. The van der Waals surface area contributed by atoms with E-state index in [9.17, 15) is 8.60 Å². The van der Waals surface area contributed by atoms with Crippen LogP contribution in [0, 0.1) is 5.82 Å². The minimum atomic E-state index is -0.764. The molecule has 1 rings (SSSR count). The van der Waals surface area contributed by atoms with Crippen LogP contribution < -0.4 is 5.32 Å². The van der Waals surface area contributed by atoms with Crippen LogP contribution in [-0.2, 0) is 17.3 Å². The molecule has 0 aliphatic carbocycles. The molecule has 2 atom stereocenters. The van der Waals surface area contributed by atoms with Crippen LogP contribution in [0.2, 0.25) is 0 Å². The molecule has 1 aromatic carbocycles. The first-order valence-electron chi connectivity index (χ1n) is 5.46. The van der Waals surface area contributed by atoms with Gasteiger partial charge in [0, 0.05) is 45.4 Å². The van der Waals surface area contributed by atoms with Gasteiger partial charge in [-0.15, -0.1) is 0 Å². The van der Waals surface area contributed by atoms with Gasteiger partial charge in [0.25, 0.3) is 0 Å². The van der Waals surface area contributed by atoms with Gasteiger partial charge in [0.05, 0.1) is 0 Å². The summed E-state index contributed by atoms with van der Waals surface area (Å²) in [6.07, 6.45) is 2.53. The fraction of sp³-hybridized carbons (Fsp3) is 0.500. The van der Waals surface area contributed by atoms with Gasteiger partial charge in [-0.1, -0.05) is 15.9 Å². The van der Waals surface area contributed by atoms with E-state index in [0.29, 0.717) is 17.9 Å². The second kappa shape index (κ2) is 7.24. The lowest BCUT2D eigenvalue weighted by Gasteiger charge is -2.13. The first-order valence-corrected chi connectivity index (χ1v) is 7.98. The Kier molecular flexibility index (Phi) is 6.30. The quantitative estimate of drug-likeness (QED) is 0.873. The largest absolute Gasteiger partial charge is 0.310 e. The summed E-state index contributed by atoms with van der Waals surface area (Å²) in [6.45, 7) is 2.51. The molecule has 0 fully saturated rings. The van der Waals surface area contributed by atoms with E-state index in [-0.39, 0.29) is 11.9 Å². The van der Waals surface area contributed by atoms with Gasteiger partial charge in [-0.3, -0.25) is 4.21 Å². The van der Waals surface area contributed by atoms with Gasteiger partial charge in [0.1, 0.15) is 5.82 Å². The Morgan fingerprint density at radius 3 is 2.88 bits per heavy atom. The lowest BCUT2D eigenvalue weighted by atomic mass is 10.2. The van der Waals surface area contributed by atoms with E-state index in [1.807, 2.05) is 6.92 Å². The Bertz CT molecular complexity index is 400. The van der Waals surface area contributed by atoms with E-state index in [0.717, 1.165) is 10.9 Å². The van der Waals surface area contributed by atoms with Crippen LogP contribution in [0.25, 0.3) is 0 Å². The molecule has 17 heavy (non-hydrogen) atoms. The lowest BCUT2D eigenvalue weighted by Crippen LogP contribution is -2.27. The molecule has 0 spiro atoms. The number of hydrogen-bond donors (Lipinski definition) is 1. The fourth-order valence-electron chi connectivity index (χ4n) is 1.41. The van der Waals surface area contributed by atoms with Crippen LogP contribution in [0.15, 0.2) is 22.7 Å². The number of hydrogen-bond acceptors (Lipinski definition) is 2. The van der Waals surface area contributed by atoms with Gasteiger partial charge in [0.2, 0.25) is 0 Å². The van der Waals surface area contributed by atoms with Crippen LogP contribution in [0.1, 0.15) is 18.9 Å². The van der Waals surface area contributed by atoms with Gasteiger partial charge in [-0.05, 0) is 31.5 Å². The van der Waals surface area contributed by atoms with E-state index in [1.54, 1.807) is 18.4 Å². The third-order valence-electron chi connectivity index (χ3n) is 2.49. The zero-order valence-electron chi connectivity index (χ0n) is 10.0. The summed E-state index contributed by atoms with van der Waals surface area (Å²) in [5.74, 6) is 0.474. The average molecular weight is 322 g/mol. The predicted octanol–water partition coefficient (Wildman–Crippen LogP) is 2.83. The molecular formula is C12H17BrFNOS. The first kappa shape index (κ1) is 14.8. The Labute approximate surface area is 113 Å². The van der Waals surface area contributed by atoms with Crippen molar-refractivity contribution in [1.29, 1.82) is 0 Å². The minimum Gasteiger partial charge on any atom is -0.310 e. The maximum Gasteiger partial charge on any atom is 0.127 e. The van der Waals surface area contributed by atoms with E-state index in [2.05, 4.69) is 21.2 Å². The van der Waals surface area contributed by atoms with Crippen LogP contribution in [0.5, 0.6) is 0 Å². The minimum absolute atomic E-state index is 0.202. The molecule has 5 heteroatoms. The van der Waals surface area contributed by atoms with Crippen molar-refractivity contribution in [2.24, 2.45) is 0 Å². The van der Waals surface area contributed by atoms with Gasteiger partial charge < -0.3 is 5.32 Å². The standard InChI is InChI=1S/C12H17BrFNOS/c1-9(5-6-17(2)16)15-8-10-7-11(13)3-4-12(10)14/h3-4,7,9,15H,5-6,8H2,1-2H3. The summed E-state index contributed by atoms with van der Waals surface area (Å²) in [6, 6.07) is 5.14. The number of halogens is 2. The SMILES string of the molecule is CC(CCS(C)=O)NCc1cc(Br)ccc1F. The topological polar surface area (TPSA) is 29.1 Å². The Balaban J connectivity index is 2.44. The van der Waals surface area contributed by atoms with Crippen molar-refractivity contribution in [3.8, 4) is 0 Å². The highest BCUT2D eigenvalue weighted by atomic mass is 79.9. The highest BCUT2D eigenvalue weighted by molar-refractivity contribution is 9.10. The number of nitrogens with one attached hydrogen (secondary N) is 1. The lowest BCUT2D eigenvalue weighted by molar-refractivity contribution is 0.517. The molecule has 2 nitrogen and oxygen atoms in total. The molecule has 96 valence electrons. The second-order valence-corrected chi connectivity index (χ2v) is 6.55. The van der Waals surface area contributed by atoms with Gasteiger partial charge in [0.15, 0.2) is 0 Å². The predicted molar refractivity (Wildman–Crippen MR) is 74.0 cm³/mol. The molecule has 0 radical (unpaired) electrons. The molecule has 0 heterocycles. The van der Waals surface area contributed by atoms with Crippen LogP contribution in [-0.4, -0.2) is 22.3 Å². The normalized spacial score (nSPS) is 14.6. The smallest absolute Gasteiger partial charge is 0.127 e. The third kappa shape index (κ3) is 5.75. The average Bonchev–Trinajstić information content (AvgIpc) is 2.27. The molecule has 0 aliphatic rings. The van der Waals surface area contributed by atoms with Crippen molar-refractivity contribution in [2.75, 3.05) is 12.0 Å². The highest BCUT2D eigenvalue weighted by Crippen LogP contribution is 2.15. The monoisotopic (exact) mass is 321 g/mol. The van der Waals surface area contributed by atoms with Crippen molar-refractivity contribution in [3.05, 3.63) is 34.1 Å². The summed E-state index contributed by atoms with van der Waals surface area (Å²) < 4.78 is 25.2. The molecule has 0 saturated carbocycles. The zero-order valence-corrected chi connectivity index (χ0v) is 12.4. The molecule has 2 unspecified atom stereocenters. The van der Waals surface area contributed by atoms with Gasteiger partial charge >= 0.3 is 0 Å². The molecule has 0 saturated heterocycles. The Hall–Kier alpha value is -0.260. The zero-order chi connectivity index (χ0) is 12.8. The summed E-state index contributed by atoms with van der Waals surface area (Å²) in [4.78, 5) is 0. The van der Waals surface area contributed by atoms with Crippen LogP contribution in [0.4, 0.5) is 4.39 Å². The Morgan fingerprint density at radius 1 is 1.53 bits per heavy atom. The van der Waals surface area contributed by atoms with Crippen molar-refractivity contribution in [2.45, 2.75) is 25.9 Å².